The van der Waals surface area contributed by atoms with Crippen LogP contribution in [0.2, 0.25) is 0 Å². The molecule has 8 nitrogen and oxygen atoms in total. The number of nitro benzene ring substituents is 2. The van der Waals surface area contributed by atoms with Crippen LogP contribution in [0, 0.1) is 20.2 Å². The zero-order valence-corrected chi connectivity index (χ0v) is 12.5. The van der Waals surface area contributed by atoms with Crippen LogP contribution in [0.5, 0.6) is 0 Å². The predicted octanol–water partition coefficient (Wildman–Crippen LogP) is 4.04. The van der Waals surface area contributed by atoms with Crippen molar-refractivity contribution in [2.24, 2.45) is 5.10 Å². The third kappa shape index (κ3) is 4.97. The van der Waals surface area contributed by atoms with E-state index in [-0.39, 0.29) is 17.1 Å². The van der Waals surface area contributed by atoms with Crippen molar-refractivity contribution >= 4 is 23.3 Å². The maximum atomic E-state index is 11.0. The minimum Gasteiger partial charge on any atom is -0.272 e. The number of unbranched alkanes of at least 4 members (excludes halogenated alkanes) is 1. The standard InChI is InChI=1S/C14H18N4O4/c1-3-5-6-11(4-2)10-15-16-13-8-7-12(17(19)20)9-14(13)18(21)22/h6-10,16H,3-5H2,1-2H3/b11-6+,15-10+. The molecule has 0 aliphatic heterocycles. The zero-order valence-electron chi connectivity index (χ0n) is 12.5. The second-order valence-electron chi connectivity index (χ2n) is 4.51. The third-order valence-corrected chi connectivity index (χ3v) is 2.91. The molecule has 0 bridgehead atoms. The molecule has 0 atom stereocenters. The molecule has 0 radical (unpaired) electrons. The lowest BCUT2D eigenvalue weighted by atomic mass is 10.2. The Kier molecular flexibility index (Phi) is 6.68. The quantitative estimate of drug-likeness (QED) is 0.442. The molecule has 0 saturated heterocycles. The number of non-ortho nitro benzene ring substituents is 1. The minimum absolute atomic E-state index is 0.109. The molecule has 1 aromatic rings. The van der Waals surface area contributed by atoms with Crippen LogP contribution in [0.15, 0.2) is 34.9 Å². The molecular weight excluding hydrogens is 288 g/mol. The molecule has 1 rings (SSSR count). The number of nitrogens with zero attached hydrogens (tertiary/aromatic N) is 3. The molecular formula is C14H18N4O4. The molecule has 0 amide bonds. The van der Waals surface area contributed by atoms with E-state index in [2.05, 4.69) is 23.5 Å². The summed E-state index contributed by atoms with van der Waals surface area (Å²) in [5.74, 6) is 0. The summed E-state index contributed by atoms with van der Waals surface area (Å²) < 4.78 is 0. The van der Waals surface area contributed by atoms with E-state index in [9.17, 15) is 20.2 Å². The van der Waals surface area contributed by atoms with Crippen molar-refractivity contribution in [3.8, 4) is 0 Å². The maximum absolute atomic E-state index is 11.0. The SMILES string of the molecule is CCC/C=C(/C=N/Nc1ccc([N+](=O)[O-])cc1[N+](=O)[O-])CC. The summed E-state index contributed by atoms with van der Waals surface area (Å²) in [7, 11) is 0. The van der Waals surface area contributed by atoms with Gasteiger partial charge in [0.05, 0.1) is 22.1 Å². The van der Waals surface area contributed by atoms with Gasteiger partial charge in [-0.15, -0.1) is 0 Å². The number of nitro groups is 2. The molecule has 0 unspecified atom stereocenters. The lowest BCUT2D eigenvalue weighted by Crippen LogP contribution is -1.99. The Morgan fingerprint density at radius 2 is 2.00 bits per heavy atom. The predicted molar refractivity (Wildman–Crippen MR) is 85.1 cm³/mol. The first-order chi connectivity index (χ1) is 10.5. The first-order valence-electron chi connectivity index (χ1n) is 6.90. The molecule has 1 aromatic carbocycles. The molecule has 0 aromatic heterocycles. The lowest BCUT2D eigenvalue weighted by Gasteiger charge is -2.02. The van der Waals surface area contributed by atoms with Crippen LogP contribution < -0.4 is 5.43 Å². The van der Waals surface area contributed by atoms with Gasteiger partial charge in [0.1, 0.15) is 5.69 Å². The number of rotatable bonds is 8. The Hall–Kier alpha value is -2.77. The van der Waals surface area contributed by atoms with Crippen LogP contribution in [0.1, 0.15) is 33.1 Å². The topological polar surface area (TPSA) is 111 Å². The van der Waals surface area contributed by atoms with Crippen LogP contribution >= 0.6 is 0 Å². The number of hydrogen-bond acceptors (Lipinski definition) is 6. The van der Waals surface area contributed by atoms with Gasteiger partial charge in [0, 0.05) is 6.07 Å². The molecule has 22 heavy (non-hydrogen) atoms. The zero-order chi connectivity index (χ0) is 16.5. The minimum atomic E-state index is -0.682. The Morgan fingerprint density at radius 3 is 2.55 bits per heavy atom. The van der Waals surface area contributed by atoms with Crippen LogP contribution in [0.3, 0.4) is 0 Å². The molecule has 1 N–H and O–H groups in total. The van der Waals surface area contributed by atoms with Crippen LogP contribution in [-0.4, -0.2) is 16.1 Å². The van der Waals surface area contributed by atoms with Gasteiger partial charge in [-0.25, -0.2) is 0 Å². The van der Waals surface area contributed by atoms with Crippen molar-refractivity contribution in [2.45, 2.75) is 33.1 Å². The third-order valence-electron chi connectivity index (χ3n) is 2.91. The first-order valence-corrected chi connectivity index (χ1v) is 6.90. The summed E-state index contributed by atoms with van der Waals surface area (Å²) in [5.41, 5.74) is 2.97. The summed E-state index contributed by atoms with van der Waals surface area (Å²) in [6.45, 7) is 4.06. The highest BCUT2D eigenvalue weighted by atomic mass is 16.6. The summed E-state index contributed by atoms with van der Waals surface area (Å²) >= 11 is 0. The summed E-state index contributed by atoms with van der Waals surface area (Å²) in [6.07, 6.45) is 6.41. The summed E-state index contributed by atoms with van der Waals surface area (Å²) in [6, 6.07) is 3.37. The first kappa shape index (κ1) is 17.3. The van der Waals surface area contributed by atoms with E-state index >= 15 is 0 Å². The largest absolute Gasteiger partial charge is 0.301 e. The Bertz CT molecular complexity index is 611. The highest BCUT2D eigenvalue weighted by molar-refractivity contribution is 5.79. The van der Waals surface area contributed by atoms with E-state index in [1.807, 2.05) is 6.92 Å². The fraction of sp³-hybridized carbons (Fsp3) is 0.357. The van der Waals surface area contributed by atoms with Gasteiger partial charge >= 0.3 is 5.69 Å². The Morgan fingerprint density at radius 1 is 1.27 bits per heavy atom. The Labute approximate surface area is 127 Å². The molecule has 0 spiro atoms. The van der Waals surface area contributed by atoms with Gasteiger partial charge in [0.25, 0.3) is 5.69 Å². The van der Waals surface area contributed by atoms with Gasteiger partial charge < -0.3 is 0 Å². The number of benzene rings is 1. The van der Waals surface area contributed by atoms with E-state index < -0.39 is 9.85 Å². The van der Waals surface area contributed by atoms with Crippen LogP contribution in [-0.2, 0) is 0 Å². The maximum Gasteiger partial charge on any atom is 0.301 e. The smallest absolute Gasteiger partial charge is 0.272 e. The molecule has 0 aliphatic carbocycles. The van der Waals surface area contributed by atoms with E-state index in [4.69, 9.17) is 0 Å². The summed E-state index contributed by atoms with van der Waals surface area (Å²) in [5, 5.41) is 25.6. The monoisotopic (exact) mass is 306 g/mol. The molecule has 0 aliphatic rings. The van der Waals surface area contributed by atoms with Gasteiger partial charge in [-0.3, -0.25) is 25.7 Å². The van der Waals surface area contributed by atoms with E-state index in [0.29, 0.717) is 0 Å². The van der Waals surface area contributed by atoms with E-state index in [0.717, 1.165) is 30.9 Å². The lowest BCUT2D eigenvalue weighted by molar-refractivity contribution is -0.393. The highest BCUT2D eigenvalue weighted by Crippen LogP contribution is 2.28. The van der Waals surface area contributed by atoms with Crippen molar-refractivity contribution in [3.63, 3.8) is 0 Å². The Balaban J connectivity index is 2.93. The van der Waals surface area contributed by atoms with Gasteiger partial charge in [0.2, 0.25) is 0 Å². The van der Waals surface area contributed by atoms with Gasteiger partial charge in [0.15, 0.2) is 0 Å². The van der Waals surface area contributed by atoms with Crippen molar-refractivity contribution in [1.82, 2.24) is 0 Å². The number of nitrogens with one attached hydrogen (secondary N) is 1. The van der Waals surface area contributed by atoms with E-state index in [1.54, 1.807) is 6.21 Å². The normalized spacial score (nSPS) is 11.6. The van der Waals surface area contributed by atoms with Crippen LogP contribution in [0.25, 0.3) is 0 Å². The van der Waals surface area contributed by atoms with Crippen molar-refractivity contribution in [3.05, 3.63) is 50.1 Å². The molecule has 0 saturated carbocycles. The number of anilines is 1. The molecule has 0 heterocycles. The second-order valence-corrected chi connectivity index (χ2v) is 4.51. The molecule has 8 heteroatoms. The average Bonchev–Trinajstić information content (AvgIpc) is 2.50. The fourth-order valence-electron chi connectivity index (χ4n) is 1.68. The van der Waals surface area contributed by atoms with Crippen molar-refractivity contribution in [1.29, 1.82) is 0 Å². The molecule has 0 fully saturated rings. The second kappa shape index (κ2) is 8.50. The van der Waals surface area contributed by atoms with Gasteiger partial charge in [-0.1, -0.05) is 26.3 Å². The molecule has 118 valence electrons. The average molecular weight is 306 g/mol. The van der Waals surface area contributed by atoms with Crippen LogP contribution in [0.4, 0.5) is 17.1 Å². The summed E-state index contributed by atoms with van der Waals surface area (Å²) in [4.78, 5) is 20.3. The van der Waals surface area contributed by atoms with Gasteiger partial charge in [-0.2, -0.15) is 5.10 Å². The number of hydrazone groups is 1. The fourth-order valence-corrected chi connectivity index (χ4v) is 1.68. The van der Waals surface area contributed by atoms with Gasteiger partial charge in [-0.05, 0) is 24.5 Å². The highest BCUT2D eigenvalue weighted by Gasteiger charge is 2.18. The van der Waals surface area contributed by atoms with Crippen molar-refractivity contribution < 1.29 is 9.85 Å². The van der Waals surface area contributed by atoms with Crippen molar-refractivity contribution in [2.75, 3.05) is 5.43 Å². The van der Waals surface area contributed by atoms with E-state index in [1.165, 1.54) is 12.1 Å². The number of allylic oxidation sites excluding steroid dienone is 2. The number of hydrogen-bond donors (Lipinski definition) is 1.